The number of likely N-dealkylation sites (tertiary alicyclic amines) is 1. The van der Waals surface area contributed by atoms with Crippen molar-refractivity contribution in [3.63, 3.8) is 0 Å². The zero-order valence-corrected chi connectivity index (χ0v) is 14.5. The maximum absolute atomic E-state index is 14.3. The van der Waals surface area contributed by atoms with Crippen LogP contribution in [-0.2, 0) is 0 Å². The fraction of sp³-hybridized carbons (Fsp3) is 0.350. The molecule has 0 N–H and O–H groups in total. The molecule has 1 saturated heterocycles. The minimum absolute atomic E-state index is 0.114. The van der Waals surface area contributed by atoms with Crippen molar-refractivity contribution < 1.29 is 13.6 Å². The normalized spacial score (nSPS) is 17.4. The van der Waals surface area contributed by atoms with Gasteiger partial charge in [0, 0.05) is 43.5 Å². The molecule has 2 aromatic carbocycles. The molecule has 0 bridgehead atoms. The van der Waals surface area contributed by atoms with E-state index in [-0.39, 0.29) is 11.9 Å². The number of hydrogen-bond acceptors (Lipinski definition) is 2. The number of rotatable bonds is 3. The number of carbonyl (C=O) groups is 1. The fourth-order valence-electron chi connectivity index (χ4n) is 3.35. The van der Waals surface area contributed by atoms with Crippen molar-refractivity contribution in [1.29, 1.82) is 0 Å². The van der Waals surface area contributed by atoms with Crippen LogP contribution < -0.4 is 4.90 Å². The number of anilines is 1. The summed E-state index contributed by atoms with van der Waals surface area (Å²) in [7, 11) is 3.84. The van der Waals surface area contributed by atoms with Crippen LogP contribution in [0.1, 0.15) is 41.2 Å². The van der Waals surface area contributed by atoms with Gasteiger partial charge in [-0.05, 0) is 43.5 Å². The number of hydrogen-bond donors (Lipinski definition) is 0. The van der Waals surface area contributed by atoms with Gasteiger partial charge in [0.15, 0.2) is 0 Å². The minimum atomic E-state index is -0.603. The molecule has 2 aromatic rings. The molecular formula is C20H22F2N2O. The summed E-state index contributed by atoms with van der Waals surface area (Å²) in [4.78, 5) is 16.7. The van der Waals surface area contributed by atoms with Crippen molar-refractivity contribution in [2.24, 2.45) is 0 Å². The smallest absolute Gasteiger partial charge is 0.254 e. The third-order valence-corrected chi connectivity index (χ3v) is 4.69. The van der Waals surface area contributed by atoms with Crippen molar-refractivity contribution in [1.82, 2.24) is 4.90 Å². The summed E-state index contributed by atoms with van der Waals surface area (Å²) in [6.45, 7) is 0.576. The minimum Gasteiger partial charge on any atom is -0.378 e. The van der Waals surface area contributed by atoms with Crippen molar-refractivity contribution in [3.05, 3.63) is 65.2 Å². The highest BCUT2D eigenvalue weighted by atomic mass is 19.1. The van der Waals surface area contributed by atoms with E-state index in [4.69, 9.17) is 0 Å². The lowest BCUT2D eigenvalue weighted by Crippen LogP contribution is -2.39. The second-order valence-corrected chi connectivity index (χ2v) is 6.62. The molecule has 1 heterocycles. The van der Waals surface area contributed by atoms with E-state index < -0.39 is 11.6 Å². The molecule has 0 aliphatic carbocycles. The average Bonchev–Trinajstić information content (AvgIpc) is 2.61. The summed E-state index contributed by atoms with van der Waals surface area (Å²) >= 11 is 0. The molecule has 0 spiro atoms. The molecule has 1 aliphatic rings. The number of benzene rings is 2. The molecule has 1 fully saturated rings. The van der Waals surface area contributed by atoms with Gasteiger partial charge in [-0.25, -0.2) is 8.78 Å². The highest BCUT2D eigenvalue weighted by molar-refractivity contribution is 5.95. The average molecular weight is 344 g/mol. The molecular weight excluding hydrogens is 322 g/mol. The highest BCUT2D eigenvalue weighted by Gasteiger charge is 2.30. The van der Waals surface area contributed by atoms with Crippen LogP contribution in [0.25, 0.3) is 0 Å². The summed E-state index contributed by atoms with van der Waals surface area (Å²) in [5.74, 6) is -1.31. The topological polar surface area (TPSA) is 23.6 Å². The first-order chi connectivity index (χ1) is 12.0. The maximum atomic E-state index is 14.3. The van der Waals surface area contributed by atoms with Crippen LogP contribution in [0.3, 0.4) is 0 Å². The first-order valence-corrected chi connectivity index (χ1v) is 8.50. The second-order valence-electron chi connectivity index (χ2n) is 6.62. The number of carbonyl (C=O) groups excluding carboxylic acids is 1. The molecule has 1 unspecified atom stereocenters. The fourth-order valence-corrected chi connectivity index (χ4v) is 3.35. The molecule has 25 heavy (non-hydrogen) atoms. The molecule has 132 valence electrons. The van der Waals surface area contributed by atoms with Crippen LogP contribution in [0.2, 0.25) is 0 Å². The molecule has 1 atom stereocenters. The van der Waals surface area contributed by atoms with Crippen LogP contribution in [0, 0.1) is 11.6 Å². The SMILES string of the molecule is CN(C)c1cccc(C(=O)N2CCCCC2c2ccc(F)cc2F)c1. The number of halogens is 2. The zero-order chi connectivity index (χ0) is 18.0. The van der Waals surface area contributed by atoms with Crippen LogP contribution in [0.5, 0.6) is 0 Å². The van der Waals surface area contributed by atoms with Crippen LogP contribution in [-0.4, -0.2) is 31.4 Å². The van der Waals surface area contributed by atoms with Gasteiger partial charge in [-0.2, -0.15) is 0 Å². The van der Waals surface area contributed by atoms with Crippen molar-refractivity contribution in [2.75, 3.05) is 25.5 Å². The van der Waals surface area contributed by atoms with Gasteiger partial charge in [0.25, 0.3) is 5.91 Å². The third-order valence-electron chi connectivity index (χ3n) is 4.69. The van der Waals surface area contributed by atoms with E-state index in [1.807, 2.05) is 37.2 Å². The van der Waals surface area contributed by atoms with Gasteiger partial charge in [0.1, 0.15) is 11.6 Å². The summed E-state index contributed by atoms with van der Waals surface area (Å²) < 4.78 is 27.5. The third kappa shape index (κ3) is 3.65. The number of nitrogens with zero attached hydrogens (tertiary/aromatic N) is 2. The van der Waals surface area contributed by atoms with E-state index in [0.29, 0.717) is 24.1 Å². The van der Waals surface area contributed by atoms with Crippen molar-refractivity contribution in [3.8, 4) is 0 Å². The molecule has 1 amide bonds. The lowest BCUT2D eigenvalue weighted by Gasteiger charge is -2.36. The van der Waals surface area contributed by atoms with Gasteiger partial charge in [0.05, 0.1) is 6.04 Å². The van der Waals surface area contributed by atoms with Gasteiger partial charge in [-0.15, -0.1) is 0 Å². The first kappa shape index (κ1) is 17.4. The lowest BCUT2D eigenvalue weighted by atomic mass is 9.94. The Labute approximate surface area is 146 Å². The summed E-state index contributed by atoms with van der Waals surface area (Å²) in [5.41, 5.74) is 1.91. The quantitative estimate of drug-likeness (QED) is 0.824. The molecule has 3 nitrogen and oxygen atoms in total. The standard InChI is InChI=1S/C20H22F2N2O/c1-23(2)16-7-5-6-14(12-16)20(25)24-11-4-3-8-19(24)17-10-9-15(21)13-18(17)22/h5-7,9-10,12-13,19H,3-4,8,11H2,1-2H3. The van der Waals surface area contributed by atoms with Crippen molar-refractivity contribution in [2.45, 2.75) is 25.3 Å². The largest absolute Gasteiger partial charge is 0.378 e. The van der Waals surface area contributed by atoms with E-state index >= 15 is 0 Å². The molecule has 3 rings (SSSR count). The Morgan fingerprint density at radius 3 is 2.64 bits per heavy atom. The molecule has 5 heteroatoms. The van der Waals surface area contributed by atoms with E-state index in [9.17, 15) is 13.6 Å². The molecule has 0 radical (unpaired) electrons. The van der Waals surface area contributed by atoms with E-state index in [1.54, 1.807) is 11.0 Å². The summed E-state index contributed by atoms with van der Waals surface area (Å²) in [6, 6.07) is 10.6. The number of amides is 1. The Morgan fingerprint density at radius 2 is 1.92 bits per heavy atom. The Hall–Kier alpha value is -2.43. The first-order valence-electron chi connectivity index (χ1n) is 8.50. The Bertz CT molecular complexity index is 776. The van der Waals surface area contributed by atoms with Gasteiger partial charge in [-0.1, -0.05) is 12.1 Å². The predicted molar refractivity (Wildman–Crippen MR) is 94.8 cm³/mol. The molecule has 0 aromatic heterocycles. The van der Waals surface area contributed by atoms with Crippen LogP contribution >= 0.6 is 0 Å². The van der Waals surface area contributed by atoms with E-state index in [0.717, 1.165) is 24.6 Å². The second kappa shape index (κ2) is 7.21. The molecule has 1 aliphatic heterocycles. The molecule has 0 saturated carbocycles. The van der Waals surface area contributed by atoms with Crippen LogP contribution in [0.15, 0.2) is 42.5 Å². The Balaban J connectivity index is 1.93. The summed E-state index contributed by atoms with van der Waals surface area (Å²) in [6.07, 6.45) is 2.49. The number of piperidine rings is 1. The summed E-state index contributed by atoms with van der Waals surface area (Å²) in [5, 5.41) is 0. The van der Waals surface area contributed by atoms with E-state index in [2.05, 4.69) is 0 Å². The van der Waals surface area contributed by atoms with Gasteiger partial charge >= 0.3 is 0 Å². The van der Waals surface area contributed by atoms with Crippen LogP contribution in [0.4, 0.5) is 14.5 Å². The van der Waals surface area contributed by atoms with Crippen molar-refractivity contribution >= 4 is 11.6 Å². The Morgan fingerprint density at radius 1 is 1.12 bits per heavy atom. The van der Waals surface area contributed by atoms with Gasteiger partial charge < -0.3 is 9.80 Å². The monoisotopic (exact) mass is 344 g/mol. The van der Waals surface area contributed by atoms with Gasteiger partial charge in [0.2, 0.25) is 0 Å². The highest BCUT2D eigenvalue weighted by Crippen LogP contribution is 2.34. The maximum Gasteiger partial charge on any atom is 0.254 e. The zero-order valence-electron chi connectivity index (χ0n) is 14.5. The lowest BCUT2D eigenvalue weighted by molar-refractivity contribution is 0.0607. The van der Waals surface area contributed by atoms with Gasteiger partial charge in [-0.3, -0.25) is 4.79 Å². The predicted octanol–water partition coefficient (Wildman–Crippen LogP) is 4.40. The Kier molecular flexibility index (Phi) is 5.02. The van der Waals surface area contributed by atoms with E-state index in [1.165, 1.54) is 12.1 Å².